The fourth-order valence-electron chi connectivity index (χ4n) is 10.3. The van der Waals surface area contributed by atoms with E-state index in [-0.39, 0.29) is 36.0 Å². The van der Waals surface area contributed by atoms with E-state index in [4.69, 9.17) is 28.4 Å². The minimum atomic E-state index is -0.925. The van der Waals surface area contributed by atoms with Crippen molar-refractivity contribution in [1.29, 1.82) is 0 Å². The molecule has 0 spiro atoms. The Balaban J connectivity index is 0.000000136. The number of urea groups is 3. The number of amides is 9. The number of hydrogen-bond acceptors (Lipinski definition) is 15. The fourth-order valence-corrected chi connectivity index (χ4v) is 10.3. The molecule has 3 aromatic heterocycles. The second-order valence-electron chi connectivity index (χ2n) is 21.6. The van der Waals surface area contributed by atoms with Crippen LogP contribution < -0.4 is 44.9 Å². The summed E-state index contributed by atoms with van der Waals surface area (Å²) in [5, 5.41) is 7.95. The van der Waals surface area contributed by atoms with Gasteiger partial charge in [0.2, 0.25) is 17.6 Å². The molecule has 3 unspecified atom stereocenters. The monoisotopic (exact) mass is 1100 g/mol. The topological polar surface area (TPSA) is 242 Å². The Hall–Kier alpha value is -8.79. The van der Waals surface area contributed by atoms with Crippen molar-refractivity contribution in [2.75, 3.05) is 14.7 Å². The van der Waals surface area contributed by atoms with Crippen LogP contribution >= 0.6 is 0 Å². The lowest BCUT2D eigenvalue weighted by atomic mass is 10.0. The highest BCUT2D eigenvalue weighted by atomic mass is 16.5. The number of hydrogen-bond donors (Lipinski definition) is 3. The average Bonchev–Trinajstić information content (AvgIpc) is 4.37. The summed E-state index contributed by atoms with van der Waals surface area (Å²) in [5.74, 6) is 2.38. The van der Waals surface area contributed by atoms with Crippen molar-refractivity contribution in [1.82, 2.24) is 30.9 Å². The molecule has 9 heterocycles. The van der Waals surface area contributed by atoms with Crippen LogP contribution in [0.4, 0.5) is 31.4 Å². The molecule has 3 N–H and O–H groups in total. The van der Waals surface area contributed by atoms with Gasteiger partial charge in [-0.3, -0.25) is 14.4 Å². The van der Waals surface area contributed by atoms with Gasteiger partial charge in [0.25, 0.3) is 17.7 Å². The van der Waals surface area contributed by atoms with E-state index in [0.29, 0.717) is 71.8 Å². The van der Waals surface area contributed by atoms with E-state index in [2.05, 4.69) is 51.7 Å². The summed E-state index contributed by atoms with van der Waals surface area (Å²) in [6.45, 7) is 18.0. The maximum Gasteiger partial charge on any atom is 0.329 e. The third-order valence-electron chi connectivity index (χ3n) is 14.5. The van der Waals surface area contributed by atoms with Gasteiger partial charge in [0.05, 0.1) is 73.8 Å². The molecule has 21 heteroatoms. The molecule has 0 radical (unpaired) electrons. The van der Waals surface area contributed by atoms with Crippen LogP contribution in [0, 0.1) is 0 Å². The number of nitrogens with zero attached hydrogens (tertiary/aromatic N) is 6. The van der Waals surface area contributed by atoms with Crippen LogP contribution in [0.25, 0.3) is 0 Å². The Labute approximate surface area is 468 Å². The molecule has 81 heavy (non-hydrogen) atoms. The third kappa shape index (κ3) is 10.9. The molecule has 9 amide bonds. The van der Waals surface area contributed by atoms with Gasteiger partial charge in [-0.2, -0.15) is 0 Å². The van der Waals surface area contributed by atoms with E-state index in [1.807, 2.05) is 54.6 Å². The predicted molar refractivity (Wildman–Crippen MR) is 296 cm³/mol. The zero-order chi connectivity index (χ0) is 57.5. The number of anilines is 3. The summed E-state index contributed by atoms with van der Waals surface area (Å²) < 4.78 is 35.3. The first-order chi connectivity index (χ1) is 38.7. The van der Waals surface area contributed by atoms with Gasteiger partial charge >= 0.3 is 18.1 Å². The minimum Gasteiger partial charge on any atom is -0.439 e. The lowest BCUT2D eigenvalue weighted by Gasteiger charge is -2.16. The predicted octanol–water partition coefficient (Wildman–Crippen LogP) is 11.1. The molecule has 0 saturated carbocycles. The Morgan fingerprint density at radius 2 is 0.704 bits per heavy atom. The standard InChI is InChI=1S/3C20H21N3O4/c3*1-4-14-17-12(11-26-14)6-5-7-15(17)27-16-9-8-13(10-21-16)23-18(24)20(2,3)22-19(23)25/h3*5-10,14H,4,11H2,1-3H3,(H,22,25). The highest BCUT2D eigenvalue weighted by Crippen LogP contribution is 2.44. The zero-order valence-corrected chi connectivity index (χ0v) is 46.4. The third-order valence-corrected chi connectivity index (χ3v) is 14.5. The highest BCUT2D eigenvalue weighted by molar-refractivity contribution is 6.24. The maximum atomic E-state index is 12.4. The van der Waals surface area contributed by atoms with Gasteiger partial charge in [-0.15, -0.1) is 0 Å². The number of rotatable bonds is 12. The number of pyridine rings is 3. The lowest BCUT2D eigenvalue weighted by molar-refractivity contribution is -0.121. The van der Waals surface area contributed by atoms with Crippen LogP contribution in [0.5, 0.6) is 34.9 Å². The molecular formula is C60H63N9O12. The number of imide groups is 3. The molecule has 3 fully saturated rings. The quantitative estimate of drug-likeness (QED) is 0.0965. The lowest BCUT2D eigenvalue weighted by Crippen LogP contribution is -2.40. The number of fused-ring (bicyclic) bond motifs is 3. The normalized spacial score (nSPS) is 20.6. The van der Waals surface area contributed by atoms with E-state index in [9.17, 15) is 28.8 Å². The number of nitrogens with one attached hydrogen (secondary N) is 3. The van der Waals surface area contributed by atoms with Crippen LogP contribution in [0.3, 0.4) is 0 Å². The first-order valence-corrected chi connectivity index (χ1v) is 26.8. The number of benzene rings is 3. The summed E-state index contributed by atoms with van der Waals surface area (Å²) in [6.07, 6.45) is 7.03. The largest absolute Gasteiger partial charge is 0.439 e. The average molecular weight is 1100 g/mol. The molecule has 12 rings (SSSR count). The second kappa shape index (κ2) is 22.0. The van der Waals surface area contributed by atoms with Gasteiger partial charge in [-0.05, 0) is 114 Å². The van der Waals surface area contributed by atoms with Crippen molar-refractivity contribution in [3.8, 4) is 34.9 Å². The number of carbonyl (C=O) groups is 6. The molecule has 3 saturated heterocycles. The second-order valence-corrected chi connectivity index (χ2v) is 21.6. The van der Waals surface area contributed by atoms with Gasteiger partial charge in [0.1, 0.15) is 33.9 Å². The Bertz CT molecular complexity index is 3080. The van der Waals surface area contributed by atoms with Crippen LogP contribution in [0.1, 0.15) is 133 Å². The summed E-state index contributed by atoms with van der Waals surface area (Å²) in [7, 11) is 0. The molecule has 6 aromatic rings. The van der Waals surface area contributed by atoms with Crippen molar-refractivity contribution < 1.29 is 57.2 Å². The number of ether oxygens (including phenoxy) is 6. The van der Waals surface area contributed by atoms with Crippen molar-refractivity contribution in [3.05, 3.63) is 143 Å². The van der Waals surface area contributed by atoms with Gasteiger partial charge in [-0.1, -0.05) is 57.2 Å². The molecule has 0 aliphatic carbocycles. The van der Waals surface area contributed by atoms with Crippen LogP contribution in [-0.2, 0) is 48.4 Å². The Kier molecular flexibility index (Phi) is 15.1. The highest BCUT2D eigenvalue weighted by Gasteiger charge is 2.47. The van der Waals surface area contributed by atoms with E-state index in [1.54, 1.807) is 77.9 Å². The van der Waals surface area contributed by atoms with E-state index < -0.39 is 34.7 Å². The molecule has 6 aliphatic rings. The van der Waals surface area contributed by atoms with Gasteiger partial charge < -0.3 is 44.4 Å². The van der Waals surface area contributed by atoms with Crippen LogP contribution in [0.2, 0.25) is 0 Å². The van der Waals surface area contributed by atoms with Gasteiger partial charge in [0, 0.05) is 34.9 Å². The first-order valence-electron chi connectivity index (χ1n) is 26.8. The summed E-state index contributed by atoms with van der Waals surface area (Å²) in [4.78, 5) is 89.5. The van der Waals surface area contributed by atoms with Crippen LogP contribution in [0.15, 0.2) is 110 Å². The summed E-state index contributed by atoms with van der Waals surface area (Å²) in [5.41, 5.74) is 4.98. The van der Waals surface area contributed by atoms with Gasteiger partial charge in [0.15, 0.2) is 0 Å². The summed E-state index contributed by atoms with van der Waals surface area (Å²) >= 11 is 0. The maximum absolute atomic E-state index is 12.4. The van der Waals surface area contributed by atoms with E-state index >= 15 is 0 Å². The zero-order valence-electron chi connectivity index (χ0n) is 46.4. The molecule has 6 aliphatic heterocycles. The van der Waals surface area contributed by atoms with E-state index in [1.165, 1.54) is 18.6 Å². The van der Waals surface area contributed by atoms with Crippen molar-refractivity contribution in [3.63, 3.8) is 0 Å². The minimum absolute atomic E-state index is 0.0172. The molecule has 3 atom stereocenters. The first kappa shape index (κ1) is 55.5. The number of carbonyl (C=O) groups excluding carboxylic acids is 6. The Morgan fingerprint density at radius 3 is 0.914 bits per heavy atom. The van der Waals surface area contributed by atoms with Crippen molar-refractivity contribution in [2.45, 2.75) is 136 Å². The van der Waals surface area contributed by atoms with E-state index in [0.717, 1.165) is 67.3 Å². The SMILES string of the molecule is CCC1OCc2cccc(Oc3ccc(N4C(=O)NC(C)(C)C4=O)cn3)c21.CCC1OCc2cccc(Oc3ccc(N4C(=O)NC(C)(C)C4=O)cn3)c21.CCC1OCc2cccc(Oc3ccc(N4C(=O)NC(C)(C)C4=O)cn3)c21. The molecule has 21 nitrogen and oxygen atoms in total. The molecule has 3 aromatic carbocycles. The van der Waals surface area contributed by atoms with Gasteiger partial charge in [-0.25, -0.2) is 44.0 Å². The van der Waals surface area contributed by atoms with Crippen molar-refractivity contribution >= 4 is 52.9 Å². The Morgan fingerprint density at radius 1 is 0.432 bits per heavy atom. The number of aromatic nitrogens is 3. The summed E-state index contributed by atoms with van der Waals surface area (Å²) in [6, 6.07) is 26.1. The fraction of sp³-hybridized carbons (Fsp3) is 0.350. The molecule has 420 valence electrons. The van der Waals surface area contributed by atoms with Crippen molar-refractivity contribution in [2.24, 2.45) is 0 Å². The molecule has 0 bridgehead atoms. The molecular weight excluding hydrogens is 1040 g/mol. The smallest absolute Gasteiger partial charge is 0.329 e. The van der Waals surface area contributed by atoms with Crippen LogP contribution in [-0.4, -0.2) is 67.4 Å².